The summed E-state index contributed by atoms with van der Waals surface area (Å²) in [6, 6.07) is 14.5. The SMILES string of the molecule is Cc1ccc(N2C[C@@H]3C[C@@]3(C(=O)Nc3ccc(OC4CSC4)cc3)S2(=O)=O)cc1. The van der Waals surface area contributed by atoms with Crippen LogP contribution in [0.1, 0.15) is 12.0 Å². The van der Waals surface area contributed by atoms with Gasteiger partial charge in [-0.3, -0.25) is 9.10 Å². The van der Waals surface area contributed by atoms with Gasteiger partial charge in [-0.25, -0.2) is 8.42 Å². The van der Waals surface area contributed by atoms with Crippen LogP contribution in [0.15, 0.2) is 48.5 Å². The monoisotopic (exact) mass is 430 g/mol. The molecule has 1 N–H and O–H groups in total. The second-order valence-electron chi connectivity index (χ2n) is 7.92. The molecule has 0 spiro atoms. The predicted molar refractivity (Wildman–Crippen MR) is 115 cm³/mol. The highest BCUT2D eigenvalue weighted by atomic mass is 32.2. The zero-order chi connectivity index (χ0) is 20.2. The lowest BCUT2D eigenvalue weighted by Crippen LogP contribution is -2.42. The number of ether oxygens (including phenoxy) is 1. The number of sulfonamides is 1. The Kier molecular flexibility index (Phi) is 4.33. The summed E-state index contributed by atoms with van der Waals surface area (Å²) in [5, 5.41) is 2.81. The first-order valence-corrected chi connectivity index (χ1v) is 12.2. The van der Waals surface area contributed by atoms with E-state index in [0.717, 1.165) is 22.8 Å². The van der Waals surface area contributed by atoms with Gasteiger partial charge in [0.1, 0.15) is 11.9 Å². The van der Waals surface area contributed by atoms with E-state index in [1.165, 1.54) is 4.31 Å². The highest BCUT2D eigenvalue weighted by Gasteiger charge is 2.75. The summed E-state index contributed by atoms with van der Waals surface area (Å²) in [6.45, 7) is 2.31. The molecule has 152 valence electrons. The van der Waals surface area contributed by atoms with Gasteiger partial charge in [-0.05, 0) is 49.7 Å². The third-order valence-electron chi connectivity index (χ3n) is 5.91. The smallest absolute Gasteiger partial charge is 0.250 e. The van der Waals surface area contributed by atoms with E-state index in [1.807, 2.05) is 43.0 Å². The van der Waals surface area contributed by atoms with E-state index >= 15 is 0 Å². The fourth-order valence-corrected chi connectivity index (χ4v) is 6.93. The van der Waals surface area contributed by atoms with Gasteiger partial charge in [0.2, 0.25) is 15.9 Å². The van der Waals surface area contributed by atoms with Crippen molar-refractivity contribution < 1.29 is 17.9 Å². The van der Waals surface area contributed by atoms with Crippen LogP contribution in [-0.2, 0) is 14.8 Å². The molecule has 5 rings (SSSR count). The molecular formula is C21H22N2O4S2. The van der Waals surface area contributed by atoms with Crippen molar-refractivity contribution in [1.29, 1.82) is 0 Å². The molecule has 3 aliphatic rings. The van der Waals surface area contributed by atoms with Crippen molar-refractivity contribution in [3.8, 4) is 5.75 Å². The molecule has 1 amide bonds. The summed E-state index contributed by atoms with van der Waals surface area (Å²) in [5.74, 6) is 2.14. The molecule has 2 heterocycles. The zero-order valence-electron chi connectivity index (χ0n) is 16.0. The summed E-state index contributed by atoms with van der Waals surface area (Å²) >= 11 is 1.85. The third kappa shape index (κ3) is 3.00. The molecule has 0 radical (unpaired) electrons. The maximum atomic E-state index is 13.2. The topological polar surface area (TPSA) is 75.7 Å². The molecule has 0 unspecified atom stereocenters. The average molecular weight is 431 g/mol. The minimum Gasteiger partial charge on any atom is -0.489 e. The molecule has 2 atom stereocenters. The van der Waals surface area contributed by atoms with Crippen LogP contribution in [0, 0.1) is 12.8 Å². The molecule has 3 fully saturated rings. The van der Waals surface area contributed by atoms with Crippen LogP contribution in [0.4, 0.5) is 11.4 Å². The van der Waals surface area contributed by atoms with Crippen molar-refractivity contribution in [3.05, 3.63) is 54.1 Å². The number of nitrogens with zero attached hydrogens (tertiary/aromatic N) is 1. The number of aryl methyl sites for hydroxylation is 1. The summed E-state index contributed by atoms with van der Waals surface area (Å²) in [5.41, 5.74) is 2.26. The Morgan fingerprint density at radius 2 is 1.83 bits per heavy atom. The Hall–Kier alpha value is -2.19. The van der Waals surface area contributed by atoms with Crippen molar-refractivity contribution >= 4 is 39.1 Å². The number of amides is 1. The van der Waals surface area contributed by atoms with Crippen LogP contribution in [0.2, 0.25) is 0 Å². The van der Waals surface area contributed by atoms with Crippen molar-refractivity contribution in [2.75, 3.05) is 27.7 Å². The number of carbonyl (C=O) groups excluding carboxylic acids is 1. The predicted octanol–water partition coefficient (Wildman–Crippen LogP) is 3.04. The van der Waals surface area contributed by atoms with Gasteiger partial charge in [-0.15, -0.1) is 0 Å². The fraction of sp³-hybridized carbons (Fsp3) is 0.381. The number of benzene rings is 2. The number of hydrogen-bond donors (Lipinski definition) is 1. The Morgan fingerprint density at radius 3 is 2.45 bits per heavy atom. The molecule has 0 bridgehead atoms. The molecule has 8 heteroatoms. The van der Waals surface area contributed by atoms with E-state index < -0.39 is 20.7 Å². The quantitative estimate of drug-likeness (QED) is 0.789. The normalized spacial score (nSPS) is 27.1. The lowest BCUT2D eigenvalue weighted by molar-refractivity contribution is -0.116. The molecule has 29 heavy (non-hydrogen) atoms. The molecule has 1 saturated carbocycles. The van der Waals surface area contributed by atoms with Gasteiger partial charge in [-0.2, -0.15) is 11.8 Å². The Labute approximate surface area is 174 Å². The largest absolute Gasteiger partial charge is 0.489 e. The maximum Gasteiger partial charge on any atom is 0.250 e. The highest BCUT2D eigenvalue weighted by molar-refractivity contribution is 8.00. The van der Waals surface area contributed by atoms with Crippen LogP contribution < -0.4 is 14.4 Å². The molecule has 6 nitrogen and oxygen atoms in total. The van der Waals surface area contributed by atoms with Gasteiger partial charge in [0.15, 0.2) is 4.75 Å². The summed E-state index contributed by atoms with van der Waals surface area (Å²) in [4.78, 5) is 13.0. The minimum absolute atomic E-state index is 0.174. The maximum absolute atomic E-state index is 13.2. The van der Waals surface area contributed by atoms with Crippen molar-refractivity contribution in [2.24, 2.45) is 5.92 Å². The zero-order valence-corrected chi connectivity index (χ0v) is 17.6. The first-order chi connectivity index (χ1) is 13.9. The van der Waals surface area contributed by atoms with Crippen molar-refractivity contribution in [1.82, 2.24) is 0 Å². The van der Waals surface area contributed by atoms with Gasteiger partial charge in [0.25, 0.3) is 0 Å². The number of hydrogen-bond acceptors (Lipinski definition) is 5. The third-order valence-corrected chi connectivity index (χ3v) is 9.68. The van der Waals surface area contributed by atoms with Crippen LogP contribution in [0.25, 0.3) is 0 Å². The standard InChI is InChI=1S/C21H22N2O4S2/c1-14-2-6-17(7-3-14)23-11-15-10-21(15,29(23,25)26)20(24)22-16-4-8-18(9-5-16)27-19-12-28-13-19/h2-9,15,19H,10-13H2,1H3,(H,22,24)/t15-,21+/m0/s1. The average Bonchev–Trinajstić information content (AvgIpc) is 3.36. The fourth-order valence-electron chi connectivity index (χ4n) is 4.01. The summed E-state index contributed by atoms with van der Waals surface area (Å²) in [7, 11) is -3.76. The molecule has 2 aromatic carbocycles. The number of thioether (sulfide) groups is 1. The van der Waals surface area contributed by atoms with Crippen LogP contribution in [0.5, 0.6) is 5.75 Å². The van der Waals surface area contributed by atoms with E-state index in [1.54, 1.807) is 24.3 Å². The van der Waals surface area contributed by atoms with Gasteiger partial charge in [-0.1, -0.05) is 17.7 Å². The molecule has 1 aliphatic carbocycles. The second-order valence-corrected chi connectivity index (χ2v) is 11.1. The first-order valence-electron chi connectivity index (χ1n) is 9.65. The van der Waals surface area contributed by atoms with E-state index in [-0.39, 0.29) is 12.0 Å². The van der Waals surface area contributed by atoms with E-state index in [0.29, 0.717) is 24.3 Å². The second kappa shape index (κ2) is 6.67. The number of nitrogens with one attached hydrogen (secondary N) is 1. The van der Waals surface area contributed by atoms with Gasteiger partial charge < -0.3 is 10.1 Å². The van der Waals surface area contributed by atoms with Crippen molar-refractivity contribution in [3.63, 3.8) is 0 Å². The van der Waals surface area contributed by atoms with Crippen LogP contribution >= 0.6 is 11.8 Å². The summed E-state index contributed by atoms with van der Waals surface area (Å²) < 4.78 is 32.3. The highest BCUT2D eigenvalue weighted by Crippen LogP contribution is 2.58. The van der Waals surface area contributed by atoms with E-state index in [2.05, 4.69) is 5.32 Å². The lowest BCUT2D eigenvalue weighted by atomic mass is 10.2. The van der Waals surface area contributed by atoms with Crippen LogP contribution in [-0.4, -0.2) is 43.2 Å². The lowest BCUT2D eigenvalue weighted by Gasteiger charge is -2.26. The number of carbonyl (C=O) groups is 1. The molecular weight excluding hydrogens is 408 g/mol. The van der Waals surface area contributed by atoms with E-state index in [9.17, 15) is 13.2 Å². The molecule has 2 saturated heterocycles. The molecule has 0 aromatic heterocycles. The van der Waals surface area contributed by atoms with Gasteiger partial charge in [0, 0.05) is 29.7 Å². The van der Waals surface area contributed by atoms with Crippen LogP contribution in [0.3, 0.4) is 0 Å². The number of fused-ring (bicyclic) bond motifs is 1. The van der Waals surface area contributed by atoms with Crippen molar-refractivity contribution in [2.45, 2.75) is 24.2 Å². The minimum atomic E-state index is -3.76. The number of rotatable bonds is 5. The summed E-state index contributed by atoms with van der Waals surface area (Å²) in [6.07, 6.45) is 0.632. The number of anilines is 2. The molecule has 2 aliphatic heterocycles. The van der Waals surface area contributed by atoms with Gasteiger partial charge in [0.05, 0.1) is 5.69 Å². The first kappa shape index (κ1) is 18.8. The van der Waals surface area contributed by atoms with E-state index in [4.69, 9.17) is 4.74 Å². The Bertz CT molecular complexity index is 1050. The van der Waals surface area contributed by atoms with Gasteiger partial charge >= 0.3 is 0 Å². The Balaban J connectivity index is 1.31. The Morgan fingerprint density at radius 1 is 1.14 bits per heavy atom. The molecule has 2 aromatic rings.